The van der Waals surface area contributed by atoms with Crippen LogP contribution in [0.1, 0.15) is 17.2 Å². The van der Waals surface area contributed by atoms with Crippen LogP contribution in [0.4, 0.5) is 0 Å². The van der Waals surface area contributed by atoms with Gasteiger partial charge >= 0.3 is 0 Å². The first kappa shape index (κ1) is 9.03. The molecule has 0 aliphatic carbocycles. The largest absolute Gasteiger partial charge is 0.508 e. The third-order valence-electron chi connectivity index (χ3n) is 1.92. The van der Waals surface area contributed by atoms with E-state index < -0.39 is 0 Å². The second kappa shape index (κ2) is 3.56. The van der Waals surface area contributed by atoms with Gasteiger partial charge in [-0.25, -0.2) is 0 Å². The minimum absolute atomic E-state index is 0.183. The molecule has 0 saturated carbocycles. The van der Waals surface area contributed by atoms with Crippen molar-refractivity contribution < 1.29 is 5.11 Å². The molecule has 5 N–H and O–H groups in total. The summed E-state index contributed by atoms with van der Waals surface area (Å²) in [6.07, 6.45) is 0. The first-order valence-corrected chi connectivity index (χ1v) is 3.90. The van der Waals surface area contributed by atoms with E-state index in [0.29, 0.717) is 6.54 Å². The molecule has 66 valence electrons. The minimum Gasteiger partial charge on any atom is -0.508 e. The number of hydrogen-bond donors (Lipinski definition) is 3. The maximum Gasteiger partial charge on any atom is 0.115 e. The summed E-state index contributed by atoms with van der Waals surface area (Å²) < 4.78 is 0. The highest BCUT2D eigenvalue weighted by Crippen LogP contribution is 2.20. The number of aromatic hydroxyl groups is 1. The Morgan fingerprint density at radius 1 is 1.50 bits per heavy atom. The maximum atomic E-state index is 9.19. The first-order chi connectivity index (χ1) is 5.65. The average molecular weight is 166 g/mol. The van der Waals surface area contributed by atoms with Gasteiger partial charge in [0.25, 0.3) is 0 Å². The van der Waals surface area contributed by atoms with Gasteiger partial charge in [-0.2, -0.15) is 0 Å². The molecule has 1 atom stereocenters. The molecule has 0 aliphatic rings. The minimum atomic E-state index is -0.183. The molecule has 0 aliphatic heterocycles. The summed E-state index contributed by atoms with van der Waals surface area (Å²) in [6, 6.07) is 4.95. The molecule has 1 rings (SSSR count). The lowest BCUT2D eigenvalue weighted by atomic mass is 10.0. The summed E-state index contributed by atoms with van der Waals surface area (Å²) in [5.41, 5.74) is 13.1. The van der Waals surface area contributed by atoms with Crippen LogP contribution in [-0.4, -0.2) is 11.7 Å². The van der Waals surface area contributed by atoms with Gasteiger partial charge in [-0.3, -0.25) is 0 Å². The smallest absolute Gasteiger partial charge is 0.115 e. The lowest BCUT2D eigenvalue weighted by molar-refractivity contribution is 0.473. The summed E-state index contributed by atoms with van der Waals surface area (Å²) in [6.45, 7) is 2.34. The molecule has 0 amide bonds. The molecule has 0 bridgehead atoms. The Balaban J connectivity index is 3.04. The lowest BCUT2D eigenvalue weighted by Crippen LogP contribution is -2.21. The van der Waals surface area contributed by atoms with Crippen molar-refractivity contribution in [2.75, 3.05) is 6.54 Å². The fourth-order valence-electron chi connectivity index (χ4n) is 1.15. The molecule has 0 fully saturated rings. The van der Waals surface area contributed by atoms with Crippen molar-refractivity contribution >= 4 is 0 Å². The Bertz CT molecular complexity index is 273. The van der Waals surface area contributed by atoms with Crippen LogP contribution in [0, 0.1) is 6.92 Å². The Hall–Kier alpha value is -1.06. The van der Waals surface area contributed by atoms with Crippen LogP contribution in [0.15, 0.2) is 18.2 Å². The zero-order chi connectivity index (χ0) is 9.14. The Morgan fingerprint density at radius 3 is 2.75 bits per heavy atom. The van der Waals surface area contributed by atoms with Crippen LogP contribution in [0.25, 0.3) is 0 Å². The van der Waals surface area contributed by atoms with Crippen LogP contribution in [0.3, 0.4) is 0 Å². The van der Waals surface area contributed by atoms with Crippen molar-refractivity contribution in [2.24, 2.45) is 11.5 Å². The summed E-state index contributed by atoms with van der Waals surface area (Å²) in [4.78, 5) is 0. The van der Waals surface area contributed by atoms with E-state index >= 15 is 0 Å². The van der Waals surface area contributed by atoms with Crippen molar-refractivity contribution in [1.29, 1.82) is 0 Å². The van der Waals surface area contributed by atoms with Crippen molar-refractivity contribution in [3.8, 4) is 5.75 Å². The highest BCUT2D eigenvalue weighted by molar-refractivity contribution is 5.36. The van der Waals surface area contributed by atoms with E-state index in [-0.39, 0.29) is 11.8 Å². The average Bonchev–Trinajstić information content (AvgIpc) is 2.08. The zero-order valence-electron chi connectivity index (χ0n) is 7.12. The first-order valence-electron chi connectivity index (χ1n) is 3.90. The fourth-order valence-corrected chi connectivity index (χ4v) is 1.15. The molecule has 3 nitrogen and oxygen atoms in total. The summed E-state index contributed by atoms with van der Waals surface area (Å²) in [5, 5.41) is 9.19. The number of benzene rings is 1. The predicted molar refractivity (Wildman–Crippen MR) is 48.8 cm³/mol. The molecule has 3 heteroatoms. The zero-order valence-corrected chi connectivity index (χ0v) is 7.12. The number of phenolic OH excluding ortho intramolecular Hbond substituents is 1. The number of aryl methyl sites for hydroxylation is 1. The Morgan fingerprint density at radius 2 is 2.17 bits per heavy atom. The van der Waals surface area contributed by atoms with E-state index in [9.17, 15) is 5.11 Å². The van der Waals surface area contributed by atoms with Crippen molar-refractivity contribution in [1.82, 2.24) is 0 Å². The van der Waals surface area contributed by atoms with Gasteiger partial charge in [0, 0.05) is 12.6 Å². The molecule has 0 unspecified atom stereocenters. The second-order valence-corrected chi connectivity index (χ2v) is 2.88. The van der Waals surface area contributed by atoms with Crippen LogP contribution in [-0.2, 0) is 0 Å². The van der Waals surface area contributed by atoms with E-state index in [0.717, 1.165) is 11.1 Å². The van der Waals surface area contributed by atoms with Gasteiger partial charge in [0.1, 0.15) is 5.75 Å². The van der Waals surface area contributed by atoms with Gasteiger partial charge in [-0.1, -0.05) is 6.07 Å². The van der Waals surface area contributed by atoms with E-state index in [1.54, 1.807) is 12.1 Å². The molecule has 12 heavy (non-hydrogen) atoms. The predicted octanol–water partition coefficient (Wildman–Crippen LogP) is 0.659. The van der Waals surface area contributed by atoms with E-state index in [1.165, 1.54) is 0 Å². The highest BCUT2D eigenvalue weighted by atomic mass is 16.3. The number of hydrogen-bond acceptors (Lipinski definition) is 3. The molecule has 0 saturated heterocycles. The van der Waals surface area contributed by atoms with Crippen molar-refractivity contribution in [3.63, 3.8) is 0 Å². The number of rotatable bonds is 2. The van der Waals surface area contributed by atoms with E-state index in [4.69, 9.17) is 11.5 Å². The van der Waals surface area contributed by atoms with E-state index in [2.05, 4.69) is 0 Å². The molecular weight excluding hydrogens is 152 g/mol. The van der Waals surface area contributed by atoms with Gasteiger partial charge in [-0.05, 0) is 30.2 Å². The second-order valence-electron chi connectivity index (χ2n) is 2.88. The molecule has 0 radical (unpaired) electrons. The number of nitrogens with two attached hydrogens (primary N) is 2. The van der Waals surface area contributed by atoms with Crippen LogP contribution in [0.2, 0.25) is 0 Å². The summed E-state index contributed by atoms with van der Waals surface area (Å²) in [5.74, 6) is 0.236. The van der Waals surface area contributed by atoms with Crippen LogP contribution < -0.4 is 11.5 Å². The lowest BCUT2D eigenvalue weighted by Gasteiger charge is -2.12. The van der Waals surface area contributed by atoms with Gasteiger partial charge in [0.15, 0.2) is 0 Å². The SMILES string of the molecule is Cc1ccc(O)cc1[C@@H](N)CN. The maximum absolute atomic E-state index is 9.19. The summed E-state index contributed by atoms with van der Waals surface area (Å²) in [7, 11) is 0. The van der Waals surface area contributed by atoms with Crippen LogP contribution in [0.5, 0.6) is 5.75 Å². The van der Waals surface area contributed by atoms with Crippen LogP contribution >= 0.6 is 0 Å². The Labute approximate surface area is 72.0 Å². The third kappa shape index (κ3) is 1.75. The van der Waals surface area contributed by atoms with Gasteiger partial charge in [0.2, 0.25) is 0 Å². The molecular formula is C9H14N2O. The highest BCUT2D eigenvalue weighted by Gasteiger charge is 2.06. The molecule has 1 aromatic carbocycles. The number of phenols is 1. The van der Waals surface area contributed by atoms with Gasteiger partial charge in [0.05, 0.1) is 0 Å². The fraction of sp³-hybridized carbons (Fsp3) is 0.333. The Kier molecular flexibility index (Phi) is 2.68. The van der Waals surface area contributed by atoms with Gasteiger partial charge < -0.3 is 16.6 Å². The standard InChI is InChI=1S/C9H14N2O/c1-6-2-3-7(12)4-8(6)9(11)5-10/h2-4,9,12H,5,10-11H2,1H3/t9-/m0/s1. The monoisotopic (exact) mass is 166 g/mol. The van der Waals surface area contributed by atoms with Gasteiger partial charge in [-0.15, -0.1) is 0 Å². The quantitative estimate of drug-likeness (QED) is 0.604. The molecule has 1 aromatic rings. The summed E-state index contributed by atoms with van der Waals surface area (Å²) >= 11 is 0. The molecule has 0 heterocycles. The van der Waals surface area contributed by atoms with Crippen molar-refractivity contribution in [3.05, 3.63) is 29.3 Å². The topological polar surface area (TPSA) is 72.3 Å². The third-order valence-corrected chi connectivity index (χ3v) is 1.92. The molecule has 0 spiro atoms. The van der Waals surface area contributed by atoms with Crippen molar-refractivity contribution in [2.45, 2.75) is 13.0 Å². The molecule has 0 aromatic heterocycles. The normalized spacial score (nSPS) is 12.9. The van der Waals surface area contributed by atoms with E-state index in [1.807, 2.05) is 13.0 Å².